The van der Waals surface area contributed by atoms with E-state index < -0.39 is 17.5 Å². The Hall–Kier alpha value is -3.11. The summed E-state index contributed by atoms with van der Waals surface area (Å²) in [5.41, 5.74) is 1.86. The average Bonchev–Trinajstić information content (AvgIpc) is 3.19. The Morgan fingerprint density at radius 3 is 2.41 bits per heavy atom. The van der Waals surface area contributed by atoms with E-state index in [1.165, 1.54) is 11.0 Å². The van der Waals surface area contributed by atoms with Crippen LogP contribution in [0.5, 0.6) is 0 Å². The molecule has 2 saturated heterocycles. The first kappa shape index (κ1) is 20.8. The zero-order valence-electron chi connectivity index (χ0n) is 17.6. The quantitative estimate of drug-likeness (QED) is 0.652. The van der Waals surface area contributed by atoms with Crippen molar-refractivity contribution in [2.75, 3.05) is 49.6 Å². The maximum Gasteiger partial charge on any atom is 0.247 e. The van der Waals surface area contributed by atoms with Crippen LogP contribution in [0.1, 0.15) is 5.56 Å². The number of benzene rings is 2. The number of rotatable bonds is 5. The predicted molar refractivity (Wildman–Crippen MR) is 114 cm³/mol. The van der Waals surface area contributed by atoms with E-state index in [1.54, 1.807) is 13.0 Å². The fourth-order valence-electron chi connectivity index (χ4n) is 4.10. The molecule has 3 heterocycles. The summed E-state index contributed by atoms with van der Waals surface area (Å²) >= 11 is 0. The molecule has 2 aromatic carbocycles. The van der Waals surface area contributed by atoms with Crippen LogP contribution in [0.3, 0.4) is 0 Å². The highest BCUT2D eigenvalue weighted by Gasteiger charge is 2.33. The molecule has 1 N–H and O–H groups in total. The Bertz CT molecular complexity index is 1100. The summed E-state index contributed by atoms with van der Waals surface area (Å²) in [4.78, 5) is 8.74. The molecule has 0 saturated carbocycles. The van der Waals surface area contributed by atoms with Crippen LogP contribution >= 0.6 is 0 Å². The van der Waals surface area contributed by atoms with Crippen molar-refractivity contribution in [2.24, 2.45) is 0 Å². The van der Waals surface area contributed by atoms with Crippen LogP contribution in [0, 0.1) is 24.4 Å². The number of hydrogen-bond donors (Lipinski definition) is 1. The number of nitrogens with one attached hydrogen (secondary N) is 1. The lowest BCUT2D eigenvalue weighted by atomic mass is 10.0. The van der Waals surface area contributed by atoms with Gasteiger partial charge in [-0.15, -0.1) is 5.10 Å². The van der Waals surface area contributed by atoms with Crippen LogP contribution in [-0.2, 0) is 4.74 Å². The van der Waals surface area contributed by atoms with Gasteiger partial charge in [-0.2, -0.15) is 4.98 Å². The number of morpholine rings is 1. The van der Waals surface area contributed by atoms with Gasteiger partial charge in [-0.3, -0.25) is 4.90 Å². The largest absolute Gasteiger partial charge is 0.379 e. The van der Waals surface area contributed by atoms with Gasteiger partial charge in [-0.1, -0.05) is 0 Å². The van der Waals surface area contributed by atoms with E-state index in [4.69, 9.17) is 4.74 Å². The molecule has 0 bridgehead atoms. The van der Waals surface area contributed by atoms with Crippen molar-refractivity contribution in [1.29, 1.82) is 0 Å². The number of aromatic nitrogens is 3. The summed E-state index contributed by atoms with van der Waals surface area (Å²) in [7, 11) is 0. The topological polar surface area (TPSA) is 58.5 Å². The maximum atomic E-state index is 14.8. The molecule has 168 valence electrons. The van der Waals surface area contributed by atoms with Crippen molar-refractivity contribution >= 4 is 17.3 Å². The summed E-state index contributed by atoms with van der Waals surface area (Å²) in [5.74, 6) is -1.71. The van der Waals surface area contributed by atoms with Gasteiger partial charge in [-0.25, -0.2) is 17.9 Å². The molecule has 0 radical (unpaired) electrons. The first-order chi connectivity index (χ1) is 15.5. The Balaban J connectivity index is 1.31. The Morgan fingerprint density at radius 1 is 0.969 bits per heavy atom. The normalized spacial score (nSPS) is 17.4. The van der Waals surface area contributed by atoms with Crippen LogP contribution in [-0.4, -0.2) is 65.1 Å². The fourth-order valence-corrected chi connectivity index (χ4v) is 4.10. The zero-order valence-corrected chi connectivity index (χ0v) is 17.6. The lowest BCUT2D eigenvalue weighted by Crippen LogP contribution is -2.61. The zero-order chi connectivity index (χ0) is 22.2. The summed E-state index contributed by atoms with van der Waals surface area (Å²) < 4.78 is 48.4. The monoisotopic (exact) mass is 444 g/mol. The Labute approximate surface area is 183 Å². The summed E-state index contributed by atoms with van der Waals surface area (Å²) in [6.07, 6.45) is 1.31. The molecule has 0 atom stereocenters. The van der Waals surface area contributed by atoms with Crippen molar-refractivity contribution in [2.45, 2.75) is 13.0 Å². The summed E-state index contributed by atoms with van der Waals surface area (Å²) in [6, 6.07) is 7.11. The van der Waals surface area contributed by atoms with Gasteiger partial charge in [0.05, 0.1) is 24.6 Å². The van der Waals surface area contributed by atoms with Crippen molar-refractivity contribution in [3.63, 3.8) is 0 Å². The van der Waals surface area contributed by atoms with Gasteiger partial charge < -0.3 is 15.0 Å². The van der Waals surface area contributed by atoms with Crippen LogP contribution in [0.15, 0.2) is 36.7 Å². The molecule has 10 heteroatoms. The molecule has 1 aromatic heterocycles. The van der Waals surface area contributed by atoms with Crippen molar-refractivity contribution in [3.05, 3.63) is 59.7 Å². The molecule has 2 aliphatic rings. The average molecular weight is 444 g/mol. The molecule has 0 aliphatic carbocycles. The molecule has 5 rings (SSSR count). The van der Waals surface area contributed by atoms with E-state index in [2.05, 4.69) is 25.2 Å². The van der Waals surface area contributed by atoms with E-state index in [1.807, 2.05) is 6.07 Å². The van der Waals surface area contributed by atoms with Gasteiger partial charge in [0.1, 0.15) is 23.8 Å². The molecule has 3 aromatic rings. The lowest BCUT2D eigenvalue weighted by Gasteiger charge is -2.47. The van der Waals surface area contributed by atoms with Crippen molar-refractivity contribution in [1.82, 2.24) is 19.7 Å². The molecule has 0 unspecified atom stereocenters. The van der Waals surface area contributed by atoms with Crippen LogP contribution in [0.4, 0.5) is 30.5 Å². The molecule has 2 aliphatic heterocycles. The van der Waals surface area contributed by atoms with Crippen LogP contribution < -0.4 is 10.2 Å². The number of aryl methyl sites for hydroxylation is 1. The number of anilines is 3. The summed E-state index contributed by atoms with van der Waals surface area (Å²) in [5, 5.41) is 7.06. The molecule has 7 nitrogen and oxygen atoms in total. The highest BCUT2D eigenvalue weighted by molar-refractivity contribution is 5.65. The molecule has 0 spiro atoms. The third kappa shape index (κ3) is 4.15. The van der Waals surface area contributed by atoms with Crippen LogP contribution in [0.25, 0.3) is 5.69 Å². The second-order valence-electron chi connectivity index (χ2n) is 8.10. The molecular weight excluding hydrogens is 421 g/mol. The minimum atomic E-state index is -0.718. The fraction of sp³-hybridized carbons (Fsp3) is 0.364. The van der Waals surface area contributed by atoms with Gasteiger partial charge in [0.25, 0.3) is 0 Å². The highest BCUT2D eigenvalue weighted by Crippen LogP contribution is 2.31. The minimum Gasteiger partial charge on any atom is -0.379 e. The standard InChI is InChI=1S/C22H23F3N6O/c1-14-6-17(30-11-19(12-30)29-2-4-32-5-3-29)10-20(21(14)25)27-22-26-13-31(28-22)18-8-15(23)7-16(24)9-18/h6-10,13,19H,2-5,11-12H2,1H3,(H,27,28). The molecule has 2 fully saturated rings. The van der Waals surface area contributed by atoms with Gasteiger partial charge in [0.15, 0.2) is 0 Å². The van der Waals surface area contributed by atoms with E-state index >= 15 is 0 Å². The summed E-state index contributed by atoms with van der Waals surface area (Å²) in [6.45, 7) is 6.88. The third-order valence-electron chi connectivity index (χ3n) is 5.88. The van der Waals surface area contributed by atoms with E-state index in [0.717, 1.165) is 63.3 Å². The number of nitrogens with zero attached hydrogens (tertiary/aromatic N) is 5. The first-order valence-electron chi connectivity index (χ1n) is 10.5. The maximum absolute atomic E-state index is 14.8. The van der Waals surface area contributed by atoms with Gasteiger partial charge in [0.2, 0.25) is 5.95 Å². The van der Waals surface area contributed by atoms with Gasteiger partial charge in [-0.05, 0) is 36.8 Å². The SMILES string of the molecule is Cc1cc(N2CC(N3CCOCC3)C2)cc(Nc2ncn(-c3cc(F)cc(F)c3)n2)c1F. The predicted octanol–water partition coefficient (Wildman–Crippen LogP) is 3.26. The number of hydrogen-bond acceptors (Lipinski definition) is 6. The lowest BCUT2D eigenvalue weighted by molar-refractivity contribution is 0.0105. The van der Waals surface area contributed by atoms with Crippen LogP contribution in [0.2, 0.25) is 0 Å². The molecular formula is C22H23F3N6O. The second kappa shape index (κ2) is 8.44. The van der Waals surface area contributed by atoms with E-state index in [0.29, 0.717) is 11.6 Å². The second-order valence-corrected chi connectivity index (χ2v) is 8.10. The van der Waals surface area contributed by atoms with Gasteiger partial charge >= 0.3 is 0 Å². The first-order valence-corrected chi connectivity index (χ1v) is 10.5. The van der Waals surface area contributed by atoms with E-state index in [-0.39, 0.29) is 17.3 Å². The highest BCUT2D eigenvalue weighted by atomic mass is 19.1. The third-order valence-corrected chi connectivity index (χ3v) is 5.88. The van der Waals surface area contributed by atoms with Crippen molar-refractivity contribution < 1.29 is 17.9 Å². The van der Waals surface area contributed by atoms with Crippen molar-refractivity contribution in [3.8, 4) is 5.69 Å². The number of halogens is 3. The number of ether oxygens (including phenoxy) is 1. The minimum absolute atomic E-state index is 0.125. The molecule has 0 amide bonds. The molecule has 32 heavy (non-hydrogen) atoms. The van der Waals surface area contributed by atoms with E-state index in [9.17, 15) is 13.2 Å². The smallest absolute Gasteiger partial charge is 0.247 e. The Morgan fingerprint density at radius 2 is 1.69 bits per heavy atom. The Kier molecular flexibility index (Phi) is 5.48. The van der Waals surface area contributed by atoms with Gasteiger partial charge in [0, 0.05) is 44.0 Å².